The lowest BCUT2D eigenvalue weighted by Gasteiger charge is -2.11. The van der Waals surface area contributed by atoms with Gasteiger partial charge in [0.2, 0.25) is 0 Å². The van der Waals surface area contributed by atoms with Crippen LogP contribution in [0.1, 0.15) is 16.2 Å². The van der Waals surface area contributed by atoms with Crippen LogP contribution in [0.15, 0.2) is 40.1 Å². The molecule has 0 aliphatic rings. The van der Waals surface area contributed by atoms with Gasteiger partial charge in [0.25, 0.3) is 5.91 Å². The van der Waals surface area contributed by atoms with Gasteiger partial charge in [-0.3, -0.25) is 14.9 Å². The van der Waals surface area contributed by atoms with Crippen LogP contribution in [0, 0.1) is 0 Å². The first-order chi connectivity index (χ1) is 10.3. The number of aromatic amines is 1. The topological polar surface area (TPSA) is 107 Å². The Balaban J connectivity index is 0.00000242. The third kappa shape index (κ3) is 5.76. The van der Waals surface area contributed by atoms with Crippen LogP contribution in [0.5, 0.6) is 0 Å². The fraction of sp³-hybridized carbons (Fsp3) is 0.308. The molecule has 120 valence electrons. The van der Waals surface area contributed by atoms with E-state index in [1.54, 1.807) is 19.4 Å². The molecule has 0 aliphatic carbocycles. The summed E-state index contributed by atoms with van der Waals surface area (Å²) in [5.41, 5.74) is 0.440. The van der Waals surface area contributed by atoms with Crippen molar-refractivity contribution in [1.82, 2.24) is 26.1 Å². The van der Waals surface area contributed by atoms with Crippen molar-refractivity contribution < 1.29 is 9.21 Å². The van der Waals surface area contributed by atoms with E-state index in [-0.39, 0.29) is 29.9 Å². The second kappa shape index (κ2) is 9.82. The van der Waals surface area contributed by atoms with Crippen molar-refractivity contribution in [2.24, 2.45) is 4.99 Å². The summed E-state index contributed by atoms with van der Waals surface area (Å²) in [6, 6.07) is 5.33. The minimum atomic E-state index is -0.187. The van der Waals surface area contributed by atoms with Gasteiger partial charge in [-0.05, 0) is 18.2 Å². The van der Waals surface area contributed by atoms with Gasteiger partial charge in [-0.15, -0.1) is 24.0 Å². The van der Waals surface area contributed by atoms with Crippen molar-refractivity contribution in [2.45, 2.75) is 6.54 Å². The highest BCUT2D eigenvalue weighted by atomic mass is 127. The van der Waals surface area contributed by atoms with Gasteiger partial charge < -0.3 is 20.4 Å². The van der Waals surface area contributed by atoms with Crippen LogP contribution in [0.25, 0.3) is 0 Å². The lowest BCUT2D eigenvalue weighted by Crippen LogP contribution is -2.41. The number of carbonyl (C=O) groups excluding carboxylic acids is 1. The van der Waals surface area contributed by atoms with E-state index < -0.39 is 0 Å². The lowest BCUT2D eigenvalue weighted by molar-refractivity contribution is 0.0949. The average molecular weight is 418 g/mol. The summed E-state index contributed by atoms with van der Waals surface area (Å²) in [4.78, 5) is 15.7. The second-order valence-corrected chi connectivity index (χ2v) is 4.16. The molecular weight excluding hydrogens is 399 g/mol. The first kappa shape index (κ1) is 18.0. The van der Waals surface area contributed by atoms with Gasteiger partial charge in [-0.25, -0.2) is 0 Å². The smallest absolute Gasteiger partial charge is 0.269 e. The number of rotatable bonds is 6. The van der Waals surface area contributed by atoms with E-state index in [0.717, 1.165) is 5.76 Å². The van der Waals surface area contributed by atoms with Gasteiger partial charge in [-0.2, -0.15) is 5.10 Å². The Bertz CT molecular complexity index is 567. The van der Waals surface area contributed by atoms with E-state index >= 15 is 0 Å². The first-order valence-electron chi connectivity index (χ1n) is 6.54. The fourth-order valence-corrected chi connectivity index (χ4v) is 1.64. The lowest BCUT2D eigenvalue weighted by atomic mass is 10.4. The molecule has 0 aromatic carbocycles. The monoisotopic (exact) mass is 418 g/mol. The predicted octanol–water partition coefficient (Wildman–Crippen LogP) is 0.716. The van der Waals surface area contributed by atoms with Crippen molar-refractivity contribution >= 4 is 35.8 Å². The Hall–Kier alpha value is -2.04. The largest absolute Gasteiger partial charge is 0.467 e. The molecule has 0 radical (unpaired) electrons. The number of guanidine groups is 1. The highest BCUT2D eigenvalue weighted by molar-refractivity contribution is 14.0. The van der Waals surface area contributed by atoms with E-state index in [1.807, 2.05) is 12.1 Å². The van der Waals surface area contributed by atoms with Gasteiger partial charge in [0.15, 0.2) is 5.96 Å². The molecule has 8 nitrogen and oxygen atoms in total. The summed E-state index contributed by atoms with van der Waals surface area (Å²) in [6.07, 6.45) is 3.16. The quantitative estimate of drug-likeness (QED) is 0.239. The molecule has 0 saturated heterocycles. The summed E-state index contributed by atoms with van der Waals surface area (Å²) < 4.78 is 5.22. The second-order valence-electron chi connectivity index (χ2n) is 4.16. The normalized spacial score (nSPS) is 10.7. The molecule has 0 spiro atoms. The Morgan fingerprint density at radius 1 is 1.32 bits per heavy atom. The maximum atomic E-state index is 11.6. The number of nitrogens with zero attached hydrogens (tertiary/aromatic N) is 2. The van der Waals surface area contributed by atoms with Gasteiger partial charge in [0, 0.05) is 26.3 Å². The first-order valence-corrected chi connectivity index (χ1v) is 6.54. The van der Waals surface area contributed by atoms with Gasteiger partial charge in [0.05, 0.1) is 12.8 Å². The van der Waals surface area contributed by atoms with E-state index in [0.29, 0.717) is 31.3 Å². The summed E-state index contributed by atoms with van der Waals surface area (Å²) >= 11 is 0. The molecule has 2 aromatic rings. The summed E-state index contributed by atoms with van der Waals surface area (Å²) in [7, 11) is 1.68. The van der Waals surface area contributed by atoms with Gasteiger partial charge in [0.1, 0.15) is 11.5 Å². The van der Waals surface area contributed by atoms with Gasteiger partial charge >= 0.3 is 0 Å². The molecular formula is C13H19IN6O2. The maximum absolute atomic E-state index is 11.6. The number of halogens is 1. The number of carbonyl (C=O) groups is 1. The van der Waals surface area contributed by atoms with E-state index in [2.05, 4.69) is 31.1 Å². The summed E-state index contributed by atoms with van der Waals surface area (Å²) in [5, 5.41) is 15.3. The van der Waals surface area contributed by atoms with Crippen LogP contribution in [-0.2, 0) is 6.54 Å². The zero-order chi connectivity index (χ0) is 14.9. The summed E-state index contributed by atoms with van der Waals surface area (Å²) in [6.45, 7) is 1.57. The fourth-order valence-electron chi connectivity index (χ4n) is 1.64. The minimum absolute atomic E-state index is 0. The standard InChI is InChI=1S/C13H18N6O2.HI/c1-14-13(17-9-10-3-2-8-21-10)16-7-6-15-12(20)11-4-5-18-19-11;/h2-5,8H,6-7,9H2,1H3,(H,15,20)(H,18,19)(H2,14,16,17);1H. The summed E-state index contributed by atoms with van der Waals surface area (Å²) in [5.74, 6) is 1.28. The number of hydrogen-bond donors (Lipinski definition) is 4. The number of H-pyrrole nitrogens is 1. The van der Waals surface area contributed by atoms with Crippen molar-refractivity contribution in [3.63, 3.8) is 0 Å². The van der Waals surface area contributed by atoms with Crippen LogP contribution in [0.4, 0.5) is 0 Å². The molecule has 4 N–H and O–H groups in total. The number of amides is 1. The van der Waals surface area contributed by atoms with Crippen LogP contribution in [-0.4, -0.2) is 42.2 Å². The average Bonchev–Trinajstić information content (AvgIpc) is 3.19. The molecule has 1 amide bonds. The van der Waals surface area contributed by atoms with Gasteiger partial charge in [-0.1, -0.05) is 0 Å². The van der Waals surface area contributed by atoms with E-state index in [1.165, 1.54) is 6.20 Å². The zero-order valence-corrected chi connectivity index (χ0v) is 14.5. The molecule has 2 aromatic heterocycles. The number of furan rings is 1. The minimum Gasteiger partial charge on any atom is -0.467 e. The Morgan fingerprint density at radius 2 is 2.14 bits per heavy atom. The Labute approximate surface area is 145 Å². The third-order valence-corrected chi connectivity index (χ3v) is 2.68. The third-order valence-electron chi connectivity index (χ3n) is 2.68. The molecule has 9 heteroatoms. The van der Waals surface area contributed by atoms with Crippen molar-refractivity contribution in [3.8, 4) is 0 Å². The van der Waals surface area contributed by atoms with Crippen LogP contribution >= 0.6 is 24.0 Å². The van der Waals surface area contributed by atoms with E-state index in [9.17, 15) is 4.79 Å². The number of nitrogens with one attached hydrogen (secondary N) is 4. The van der Waals surface area contributed by atoms with Crippen LogP contribution < -0.4 is 16.0 Å². The molecule has 0 atom stereocenters. The van der Waals surface area contributed by atoms with Crippen LogP contribution in [0.3, 0.4) is 0 Å². The predicted molar refractivity (Wildman–Crippen MR) is 93.2 cm³/mol. The Morgan fingerprint density at radius 3 is 2.77 bits per heavy atom. The van der Waals surface area contributed by atoms with Crippen molar-refractivity contribution in [3.05, 3.63) is 42.1 Å². The molecule has 2 rings (SSSR count). The van der Waals surface area contributed by atoms with Crippen molar-refractivity contribution in [1.29, 1.82) is 0 Å². The molecule has 0 unspecified atom stereocenters. The molecule has 0 aliphatic heterocycles. The zero-order valence-electron chi connectivity index (χ0n) is 12.1. The van der Waals surface area contributed by atoms with Crippen LogP contribution in [0.2, 0.25) is 0 Å². The molecule has 0 fully saturated rings. The molecule has 2 heterocycles. The Kier molecular flexibility index (Phi) is 8.04. The highest BCUT2D eigenvalue weighted by Crippen LogP contribution is 1.98. The molecule has 0 saturated carbocycles. The van der Waals surface area contributed by atoms with Crippen molar-refractivity contribution in [2.75, 3.05) is 20.1 Å². The van der Waals surface area contributed by atoms with E-state index in [4.69, 9.17) is 4.42 Å². The number of hydrogen-bond acceptors (Lipinski definition) is 4. The molecule has 0 bridgehead atoms. The number of aliphatic imine (C=N–C) groups is 1. The maximum Gasteiger partial charge on any atom is 0.269 e. The SMILES string of the molecule is CN=C(NCCNC(=O)c1ccn[nH]1)NCc1ccco1.I. The highest BCUT2D eigenvalue weighted by Gasteiger charge is 2.05. The number of aromatic nitrogens is 2. The molecule has 22 heavy (non-hydrogen) atoms.